The third kappa shape index (κ3) is 1.98. The van der Waals surface area contributed by atoms with E-state index in [1.165, 1.54) is 12.1 Å². The van der Waals surface area contributed by atoms with Gasteiger partial charge in [0.2, 0.25) is 0 Å². The lowest BCUT2D eigenvalue weighted by atomic mass is 9.90. The lowest BCUT2D eigenvalue weighted by molar-refractivity contribution is -0.137. The highest BCUT2D eigenvalue weighted by molar-refractivity contribution is 6.19. The van der Waals surface area contributed by atoms with Crippen LogP contribution in [0.25, 0.3) is 21.9 Å². The van der Waals surface area contributed by atoms with Crippen LogP contribution in [0.3, 0.4) is 0 Å². The molecule has 1 aliphatic carbocycles. The minimum absolute atomic E-state index is 0.0273. The number of halogens is 3. The van der Waals surface area contributed by atoms with Crippen molar-refractivity contribution in [2.75, 3.05) is 6.61 Å². The Labute approximate surface area is 147 Å². The van der Waals surface area contributed by atoms with E-state index in [1.807, 2.05) is 30.3 Å². The van der Waals surface area contributed by atoms with Crippen molar-refractivity contribution in [3.05, 3.63) is 76.9 Å². The van der Waals surface area contributed by atoms with Gasteiger partial charge < -0.3 is 9.84 Å². The fourth-order valence-electron chi connectivity index (χ4n) is 4.05. The molecule has 2 nitrogen and oxygen atoms in total. The Hall–Kier alpha value is -2.79. The molecule has 0 saturated heterocycles. The SMILES string of the molecule is OC1COc2ccc3cccc4c3c2C1=C4c1ccccc1C(F)(F)F. The number of hydrogen-bond acceptors (Lipinski definition) is 2. The Kier molecular flexibility index (Phi) is 3.04. The molecule has 0 spiro atoms. The lowest BCUT2D eigenvalue weighted by Crippen LogP contribution is -2.24. The van der Waals surface area contributed by atoms with E-state index in [4.69, 9.17) is 4.74 Å². The zero-order valence-corrected chi connectivity index (χ0v) is 13.5. The third-order valence-electron chi connectivity index (χ3n) is 5.05. The van der Waals surface area contributed by atoms with Crippen LogP contribution in [0.15, 0.2) is 54.6 Å². The maximum absolute atomic E-state index is 13.6. The van der Waals surface area contributed by atoms with Gasteiger partial charge in [-0.05, 0) is 34.2 Å². The first kappa shape index (κ1) is 15.5. The van der Waals surface area contributed by atoms with Crippen LogP contribution in [-0.4, -0.2) is 17.8 Å². The van der Waals surface area contributed by atoms with Crippen molar-refractivity contribution in [1.82, 2.24) is 0 Å². The highest BCUT2D eigenvalue weighted by atomic mass is 19.4. The summed E-state index contributed by atoms with van der Waals surface area (Å²) < 4.78 is 46.5. The Bertz CT molecular complexity index is 1100. The fourth-order valence-corrected chi connectivity index (χ4v) is 4.05. The van der Waals surface area contributed by atoms with Crippen molar-refractivity contribution >= 4 is 21.9 Å². The van der Waals surface area contributed by atoms with Crippen molar-refractivity contribution in [1.29, 1.82) is 0 Å². The summed E-state index contributed by atoms with van der Waals surface area (Å²) >= 11 is 0. The molecule has 1 atom stereocenters. The molecule has 5 rings (SSSR count). The van der Waals surface area contributed by atoms with Crippen LogP contribution in [-0.2, 0) is 6.18 Å². The zero-order valence-electron chi connectivity index (χ0n) is 13.5. The van der Waals surface area contributed by atoms with E-state index in [2.05, 4.69) is 0 Å². The summed E-state index contributed by atoms with van der Waals surface area (Å²) in [5.41, 5.74) is 1.77. The molecule has 0 radical (unpaired) electrons. The Morgan fingerprint density at radius 1 is 0.923 bits per heavy atom. The van der Waals surface area contributed by atoms with Crippen LogP contribution >= 0.6 is 0 Å². The minimum atomic E-state index is -4.48. The van der Waals surface area contributed by atoms with Crippen molar-refractivity contribution in [3.8, 4) is 5.75 Å². The molecule has 0 fully saturated rings. The van der Waals surface area contributed by atoms with Gasteiger partial charge in [0.05, 0.1) is 5.56 Å². The quantitative estimate of drug-likeness (QED) is 0.675. The normalized spacial score (nSPS) is 18.4. The van der Waals surface area contributed by atoms with Crippen LogP contribution in [0.2, 0.25) is 0 Å². The summed E-state index contributed by atoms with van der Waals surface area (Å²) in [6.07, 6.45) is -5.46. The maximum Gasteiger partial charge on any atom is 0.417 e. The molecule has 1 N–H and O–H groups in total. The van der Waals surface area contributed by atoms with Crippen LogP contribution in [0, 0.1) is 0 Å². The molecule has 3 aromatic rings. The fraction of sp³-hybridized carbons (Fsp3) is 0.143. The second-order valence-corrected chi connectivity index (χ2v) is 6.50. The topological polar surface area (TPSA) is 29.5 Å². The molecular formula is C21H13F3O2. The summed E-state index contributed by atoms with van der Waals surface area (Å²) in [5.74, 6) is 0.602. The van der Waals surface area contributed by atoms with Gasteiger partial charge in [-0.2, -0.15) is 13.2 Å². The van der Waals surface area contributed by atoms with Crippen molar-refractivity contribution in [3.63, 3.8) is 0 Å². The molecule has 1 unspecified atom stereocenters. The van der Waals surface area contributed by atoms with Gasteiger partial charge in [-0.25, -0.2) is 0 Å². The van der Waals surface area contributed by atoms with E-state index in [0.29, 0.717) is 28.0 Å². The largest absolute Gasteiger partial charge is 0.490 e. The van der Waals surface area contributed by atoms with Gasteiger partial charge in [-0.3, -0.25) is 0 Å². The molecule has 1 heterocycles. The van der Waals surface area contributed by atoms with Crippen LogP contribution in [0.1, 0.15) is 22.3 Å². The summed E-state index contributed by atoms with van der Waals surface area (Å²) in [6, 6.07) is 14.8. The highest BCUT2D eigenvalue weighted by Crippen LogP contribution is 2.53. The maximum atomic E-state index is 13.6. The van der Waals surface area contributed by atoms with E-state index in [1.54, 1.807) is 6.07 Å². The van der Waals surface area contributed by atoms with E-state index < -0.39 is 17.8 Å². The lowest BCUT2D eigenvalue weighted by Gasteiger charge is -2.25. The van der Waals surface area contributed by atoms with Gasteiger partial charge in [0, 0.05) is 16.5 Å². The molecule has 2 aliphatic rings. The molecule has 0 aromatic heterocycles. The standard InChI is InChI=1S/C21H13F3O2/c22-21(23,24)14-7-2-1-5-12(14)18-13-6-3-4-11-8-9-16-20(17(11)13)19(18)15(25)10-26-16/h1-9,15,25H,10H2. The number of aliphatic hydroxyl groups excluding tert-OH is 1. The Morgan fingerprint density at radius 3 is 2.50 bits per heavy atom. The monoisotopic (exact) mass is 354 g/mol. The number of alkyl halides is 3. The molecule has 0 saturated carbocycles. The van der Waals surface area contributed by atoms with Gasteiger partial charge in [-0.15, -0.1) is 0 Å². The van der Waals surface area contributed by atoms with E-state index >= 15 is 0 Å². The summed E-state index contributed by atoms with van der Waals surface area (Å²) in [5, 5.41) is 12.3. The van der Waals surface area contributed by atoms with Gasteiger partial charge in [0.15, 0.2) is 0 Å². The summed E-state index contributed by atoms with van der Waals surface area (Å²) in [4.78, 5) is 0. The van der Waals surface area contributed by atoms with Gasteiger partial charge in [-0.1, -0.05) is 42.5 Å². The molecule has 1 aliphatic heterocycles. The minimum Gasteiger partial charge on any atom is -0.490 e. The predicted octanol–water partition coefficient (Wildman–Crippen LogP) is 4.88. The average molecular weight is 354 g/mol. The van der Waals surface area contributed by atoms with E-state index in [-0.39, 0.29) is 12.2 Å². The zero-order chi connectivity index (χ0) is 18.1. The predicted molar refractivity (Wildman–Crippen MR) is 92.8 cm³/mol. The van der Waals surface area contributed by atoms with Crippen LogP contribution in [0.5, 0.6) is 5.75 Å². The van der Waals surface area contributed by atoms with Crippen molar-refractivity contribution < 1.29 is 23.0 Å². The Balaban J connectivity index is 1.92. The first-order valence-electron chi connectivity index (χ1n) is 8.25. The van der Waals surface area contributed by atoms with Crippen LogP contribution < -0.4 is 4.74 Å². The van der Waals surface area contributed by atoms with Gasteiger partial charge in [0.25, 0.3) is 0 Å². The highest BCUT2D eigenvalue weighted by Gasteiger charge is 2.39. The van der Waals surface area contributed by atoms with E-state index in [9.17, 15) is 18.3 Å². The second-order valence-electron chi connectivity index (χ2n) is 6.50. The number of hydrogen-bond donors (Lipinski definition) is 1. The molecular weight excluding hydrogens is 341 g/mol. The second kappa shape index (κ2) is 5.11. The molecule has 0 bridgehead atoms. The molecule has 3 aromatic carbocycles. The number of benzene rings is 3. The molecule has 26 heavy (non-hydrogen) atoms. The first-order chi connectivity index (χ1) is 12.5. The number of aliphatic hydroxyl groups is 1. The van der Waals surface area contributed by atoms with Crippen LogP contribution in [0.4, 0.5) is 13.2 Å². The smallest absolute Gasteiger partial charge is 0.417 e. The summed E-state index contributed by atoms with van der Waals surface area (Å²) in [6.45, 7) is 0.0273. The number of ether oxygens (including phenoxy) is 1. The van der Waals surface area contributed by atoms with Crippen molar-refractivity contribution in [2.24, 2.45) is 0 Å². The summed E-state index contributed by atoms with van der Waals surface area (Å²) in [7, 11) is 0. The third-order valence-corrected chi connectivity index (χ3v) is 5.05. The Morgan fingerprint density at radius 2 is 1.69 bits per heavy atom. The van der Waals surface area contributed by atoms with E-state index in [0.717, 1.165) is 16.8 Å². The average Bonchev–Trinajstić information content (AvgIpc) is 2.98. The molecule has 0 amide bonds. The van der Waals surface area contributed by atoms with Gasteiger partial charge in [0.1, 0.15) is 18.5 Å². The van der Waals surface area contributed by atoms with Crippen molar-refractivity contribution in [2.45, 2.75) is 12.3 Å². The first-order valence-corrected chi connectivity index (χ1v) is 8.25. The molecule has 130 valence electrons. The van der Waals surface area contributed by atoms with Gasteiger partial charge >= 0.3 is 6.18 Å². The number of rotatable bonds is 1. The molecule has 5 heteroatoms.